The molecule has 0 fully saturated rings. The summed E-state index contributed by atoms with van der Waals surface area (Å²) in [4.78, 5) is 16.6. The summed E-state index contributed by atoms with van der Waals surface area (Å²) in [5, 5.41) is 15.6. The molecule has 8 nitrogen and oxygen atoms in total. The highest BCUT2D eigenvalue weighted by Gasteiger charge is 2.35. The second-order valence-electron chi connectivity index (χ2n) is 6.57. The van der Waals surface area contributed by atoms with E-state index in [-0.39, 0.29) is 11.4 Å². The van der Waals surface area contributed by atoms with E-state index in [0.29, 0.717) is 33.9 Å². The third-order valence-electron chi connectivity index (χ3n) is 4.08. The maximum atomic E-state index is 12.5. The van der Waals surface area contributed by atoms with E-state index in [9.17, 15) is 4.79 Å². The Kier molecular flexibility index (Phi) is 5.73. The van der Waals surface area contributed by atoms with Gasteiger partial charge in [0.2, 0.25) is 10.9 Å². The lowest BCUT2D eigenvalue weighted by atomic mass is 10.1. The fourth-order valence-electron chi connectivity index (χ4n) is 2.81. The van der Waals surface area contributed by atoms with Crippen molar-refractivity contribution in [2.24, 2.45) is 16.0 Å². The number of aliphatic imine (C=N–C) groups is 1. The van der Waals surface area contributed by atoms with Crippen molar-refractivity contribution in [2.75, 3.05) is 21.3 Å². The molecular formula is C19H22N4O4S. The van der Waals surface area contributed by atoms with Crippen molar-refractivity contribution >= 4 is 39.8 Å². The molecule has 0 aromatic heterocycles. The van der Waals surface area contributed by atoms with Gasteiger partial charge in [0.15, 0.2) is 17.3 Å². The van der Waals surface area contributed by atoms with Crippen LogP contribution in [0, 0.1) is 11.3 Å². The fraction of sp³-hybridized carbons (Fsp3) is 0.368. The van der Waals surface area contributed by atoms with Gasteiger partial charge < -0.3 is 14.2 Å². The van der Waals surface area contributed by atoms with Gasteiger partial charge in [0, 0.05) is 6.42 Å². The molecule has 1 amide bonds. The van der Waals surface area contributed by atoms with Crippen molar-refractivity contribution in [1.82, 2.24) is 5.01 Å². The Morgan fingerprint density at radius 1 is 1.18 bits per heavy atom. The Bertz CT molecular complexity index is 896. The molecule has 3 rings (SSSR count). The number of carbonyl (C=O) groups excluding carboxylic acids is 1. The predicted octanol–water partition coefficient (Wildman–Crippen LogP) is 3.38. The molecule has 148 valence electrons. The van der Waals surface area contributed by atoms with Crippen LogP contribution in [0.25, 0.3) is 6.08 Å². The molecule has 0 saturated heterocycles. The van der Waals surface area contributed by atoms with Crippen LogP contribution < -0.4 is 14.2 Å². The Hall–Kier alpha value is -2.81. The zero-order valence-corrected chi connectivity index (χ0v) is 17.2. The lowest BCUT2D eigenvalue weighted by molar-refractivity contribution is -0.114. The third kappa shape index (κ3) is 3.75. The standard InChI is InChI=1S/C19H22N4O4S/c1-10(2)6-15-22-23-17(20)12(18(24)21-19(23)28-15)7-11-8-13(25-3)16(27-5)14(9-11)26-4/h7-10,20H,6H2,1-5H3. The highest BCUT2D eigenvalue weighted by Crippen LogP contribution is 2.39. The first-order valence-electron chi connectivity index (χ1n) is 8.67. The second-order valence-corrected chi connectivity index (χ2v) is 7.61. The summed E-state index contributed by atoms with van der Waals surface area (Å²) in [6, 6.07) is 3.42. The van der Waals surface area contributed by atoms with Gasteiger partial charge in [-0.1, -0.05) is 13.8 Å². The van der Waals surface area contributed by atoms with Crippen molar-refractivity contribution in [2.45, 2.75) is 20.3 Å². The van der Waals surface area contributed by atoms with E-state index in [1.54, 1.807) is 18.2 Å². The quantitative estimate of drug-likeness (QED) is 0.733. The lowest BCUT2D eigenvalue weighted by Crippen LogP contribution is -2.35. The van der Waals surface area contributed by atoms with Crippen molar-refractivity contribution < 1.29 is 19.0 Å². The molecule has 0 spiro atoms. The van der Waals surface area contributed by atoms with Gasteiger partial charge in [0.05, 0.1) is 26.9 Å². The van der Waals surface area contributed by atoms with Crippen LogP contribution in [0.1, 0.15) is 25.8 Å². The van der Waals surface area contributed by atoms with Gasteiger partial charge >= 0.3 is 0 Å². The third-order valence-corrected chi connectivity index (χ3v) is 5.01. The number of benzene rings is 1. The van der Waals surface area contributed by atoms with E-state index in [0.717, 1.165) is 11.5 Å². The minimum atomic E-state index is -0.474. The van der Waals surface area contributed by atoms with Crippen LogP contribution in [0.4, 0.5) is 0 Å². The molecule has 0 bridgehead atoms. The summed E-state index contributed by atoms with van der Waals surface area (Å²) in [5.74, 6) is 1.32. The first-order valence-corrected chi connectivity index (χ1v) is 9.48. The van der Waals surface area contributed by atoms with Crippen LogP contribution in [0.5, 0.6) is 17.2 Å². The number of thioether (sulfide) groups is 1. The Morgan fingerprint density at radius 3 is 2.36 bits per heavy atom. The van der Waals surface area contributed by atoms with Gasteiger partial charge in [-0.25, -0.2) is 0 Å². The summed E-state index contributed by atoms with van der Waals surface area (Å²) in [5.41, 5.74) is 0.771. The molecule has 1 N–H and O–H groups in total. The molecular weight excluding hydrogens is 380 g/mol. The van der Waals surface area contributed by atoms with E-state index in [4.69, 9.17) is 19.6 Å². The molecule has 1 aromatic rings. The number of ether oxygens (including phenoxy) is 3. The number of fused-ring (bicyclic) bond motifs is 1. The number of nitrogens with one attached hydrogen (secondary N) is 1. The van der Waals surface area contributed by atoms with Crippen molar-refractivity contribution in [3.63, 3.8) is 0 Å². The minimum Gasteiger partial charge on any atom is -0.493 e. The van der Waals surface area contributed by atoms with E-state index in [1.807, 2.05) is 0 Å². The second kappa shape index (κ2) is 8.05. The van der Waals surface area contributed by atoms with Crippen LogP contribution in [-0.4, -0.2) is 48.3 Å². The maximum Gasteiger partial charge on any atom is 0.283 e. The van der Waals surface area contributed by atoms with Gasteiger partial charge in [-0.05, 0) is 41.5 Å². The molecule has 0 aliphatic carbocycles. The lowest BCUT2D eigenvalue weighted by Gasteiger charge is -2.20. The maximum absolute atomic E-state index is 12.5. The summed E-state index contributed by atoms with van der Waals surface area (Å²) in [6.45, 7) is 4.18. The molecule has 2 heterocycles. The number of hydrazone groups is 1. The molecule has 2 aliphatic heterocycles. The predicted molar refractivity (Wildman–Crippen MR) is 111 cm³/mol. The number of hydrogen-bond acceptors (Lipinski definition) is 7. The number of rotatable bonds is 6. The average molecular weight is 402 g/mol. The molecule has 2 aliphatic rings. The summed E-state index contributed by atoms with van der Waals surface area (Å²) < 4.78 is 16.0. The highest BCUT2D eigenvalue weighted by molar-refractivity contribution is 8.26. The zero-order valence-electron chi connectivity index (χ0n) is 16.4. The Labute approximate surface area is 167 Å². The number of amidine groups is 2. The van der Waals surface area contributed by atoms with Crippen molar-refractivity contribution in [3.05, 3.63) is 23.3 Å². The number of hydrogen-bond donors (Lipinski definition) is 1. The number of methoxy groups -OCH3 is 3. The van der Waals surface area contributed by atoms with Crippen molar-refractivity contribution in [1.29, 1.82) is 5.41 Å². The Morgan fingerprint density at radius 2 is 1.82 bits per heavy atom. The van der Waals surface area contributed by atoms with E-state index >= 15 is 0 Å². The monoisotopic (exact) mass is 402 g/mol. The Balaban J connectivity index is 1.99. The van der Waals surface area contributed by atoms with Gasteiger partial charge in [0.1, 0.15) is 5.04 Å². The topological polar surface area (TPSA) is 96.6 Å². The number of nitrogens with zero attached hydrogens (tertiary/aromatic N) is 3. The molecule has 9 heteroatoms. The largest absolute Gasteiger partial charge is 0.493 e. The van der Waals surface area contributed by atoms with Gasteiger partial charge in [-0.2, -0.15) is 15.1 Å². The zero-order chi connectivity index (χ0) is 20.4. The van der Waals surface area contributed by atoms with E-state index < -0.39 is 5.91 Å². The van der Waals surface area contributed by atoms with Crippen LogP contribution in [0.3, 0.4) is 0 Å². The molecule has 0 saturated carbocycles. The smallest absolute Gasteiger partial charge is 0.283 e. The normalized spacial score (nSPS) is 17.6. The first kappa shape index (κ1) is 19.9. The van der Waals surface area contributed by atoms with Crippen LogP contribution in [-0.2, 0) is 4.79 Å². The molecule has 28 heavy (non-hydrogen) atoms. The molecule has 1 aromatic carbocycles. The summed E-state index contributed by atoms with van der Waals surface area (Å²) in [6.07, 6.45) is 2.35. The van der Waals surface area contributed by atoms with Crippen molar-refractivity contribution in [3.8, 4) is 17.2 Å². The highest BCUT2D eigenvalue weighted by atomic mass is 32.2. The van der Waals surface area contributed by atoms with Gasteiger partial charge in [-0.15, -0.1) is 0 Å². The number of amides is 1. The number of carbonyl (C=O) groups is 1. The average Bonchev–Trinajstić information content (AvgIpc) is 3.05. The summed E-state index contributed by atoms with van der Waals surface area (Å²) >= 11 is 1.34. The van der Waals surface area contributed by atoms with Crippen LogP contribution in [0.15, 0.2) is 27.8 Å². The van der Waals surface area contributed by atoms with Gasteiger partial charge in [0.25, 0.3) is 5.91 Å². The minimum absolute atomic E-state index is 0.00462. The SMILES string of the molecule is COc1cc(C=C2C(=N)N3N=C(CC(C)C)SC3=NC2=O)cc(OC)c1OC. The molecule has 0 atom stereocenters. The first-order chi connectivity index (χ1) is 13.4. The van der Waals surface area contributed by atoms with E-state index in [1.165, 1.54) is 38.1 Å². The molecule has 0 unspecified atom stereocenters. The summed E-state index contributed by atoms with van der Waals surface area (Å²) in [7, 11) is 4.56. The van der Waals surface area contributed by atoms with Crippen LogP contribution in [0.2, 0.25) is 0 Å². The fourth-order valence-corrected chi connectivity index (χ4v) is 3.91. The van der Waals surface area contributed by atoms with Crippen LogP contribution >= 0.6 is 11.8 Å². The molecule has 0 radical (unpaired) electrons. The van der Waals surface area contributed by atoms with E-state index in [2.05, 4.69) is 23.9 Å². The van der Waals surface area contributed by atoms with Gasteiger partial charge in [-0.3, -0.25) is 10.2 Å².